The highest BCUT2D eigenvalue weighted by molar-refractivity contribution is 7.89. The van der Waals surface area contributed by atoms with Crippen LogP contribution >= 0.6 is 0 Å². The van der Waals surface area contributed by atoms with Crippen LogP contribution in [0.5, 0.6) is 0 Å². The van der Waals surface area contributed by atoms with E-state index in [0.717, 1.165) is 27.5 Å². The smallest absolute Gasteiger partial charge is 0.335 e. The summed E-state index contributed by atoms with van der Waals surface area (Å²) in [5.74, 6) is -1.20. The lowest BCUT2D eigenvalue weighted by atomic mass is 9.99. The molecule has 0 atom stereocenters. The highest BCUT2D eigenvalue weighted by Gasteiger charge is 2.10. The lowest BCUT2D eigenvalue weighted by molar-refractivity contribution is 0.0696. The number of carbonyl (C=O) groups excluding carboxylic acids is 1. The molecule has 0 aliphatic heterocycles. The molecule has 4 N–H and O–H groups in total. The zero-order valence-corrected chi connectivity index (χ0v) is 18.9. The number of hydrogen-bond acceptors (Lipinski definition) is 4. The van der Waals surface area contributed by atoms with Crippen molar-refractivity contribution >= 4 is 32.7 Å². The van der Waals surface area contributed by atoms with E-state index in [1.807, 2.05) is 30.3 Å². The van der Waals surface area contributed by atoms with Gasteiger partial charge in [-0.05, 0) is 70.3 Å². The number of fused-ring (bicyclic) bond motifs is 1. The summed E-state index contributed by atoms with van der Waals surface area (Å²) in [5, 5.41) is 18.9. The molecule has 0 fully saturated rings. The van der Waals surface area contributed by atoms with Gasteiger partial charge in [-0.25, -0.2) is 18.4 Å². The van der Waals surface area contributed by atoms with Gasteiger partial charge in [-0.1, -0.05) is 48.5 Å². The summed E-state index contributed by atoms with van der Waals surface area (Å²) in [6.07, 6.45) is 0.640. The number of rotatable bonds is 7. The van der Waals surface area contributed by atoms with Crippen molar-refractivity contribution in [1.82, 2.24) is 5.32 Å². The number of carbonyl (C=O) groups is 2. The number of primary sulfonamides is 1. The Balaban J connectivity index is 1.46. The Bertz CT molecular complexity index is 1480. The predicted molar refractivity (Wildman–Crippen MR) is 129 cm³/mol. The molecule has 0 heterocycles. The fourth-order valence-corrected chi connectivity index (χ4v) is 4.15. The van der Waals surface area contributed by atoms with Crippen molar-refractivity contribution < 1.29 is 23.1 Å². The van der Waals surface area contributed by atoms with E-state index in [2.05, 4.69) is 5.32 Å². The zero-order valence-electron chi connectivity index (χ0n) is 18.1. The molecule has 4 aromatic carbocycles. The van der Waals surface area contributed by atoms with Crippen LogP contribution in [0.4, 0.5) is 0 Å². The lowest BCUT2D eigenvalue weighted by Crippen LogP contribution is -2.22. The van der Waals surface area contributed by atoms with Crippen molar-refractivity contribution in [3.8, 4) is 0 Å². The molecule has 7 nitrogen and oxygen atoms in total. The number of amides is 1. The minimum atomic E-state index is -3.75. The number of nitrogens with one attached hydrogen (secondary N) is 1. The molecule has 34 heavy (non-hydrogen) atoms. The Hall–Kier alpha value is -4.01. The SMILES string of the molecule is NS(=O)(=O)c1ccc(CNC(=O)c2ccc3ccc(Cc4ccc(C(=O)O)cc4)cc3c2)cc1. The normalized spacial score (nSPS) is 11.3. The van der Waals surface area contributed by atoms with Gasteiger partial charge in [0.25, 0.3) is 5.91 Å². The van der Waals surface area contributed by atoms with E-state index < -0.39 is 16.0 Å². The van der Waals surface area contributed by atoms with E-state index in [1.165, 1.54) is 12.1 Å². The first kappa shape index (κ1) is 23.2. The van der Waals surface area contributed by atoms with E-state index in [0.29, 0.717) is 12.0 Å². The molecule has 0 aliphatic carbocycles. The second-order valence-corrected chi connectivity index (χ2v) is 9.51. The summed E-state index contributed by atoms with van der Waals surface area (Å²) < 4.78 is 22.7. The topological polar surface area (TPSA) is 127 Å². The predicted octanol–water partition coefficient (Wildman–Crippen LogP) is 3.71. The largest absolute Gasteiger partial charge is 0.478 e. The second-order valence-electron chi connectivity index (χ2n) is 7.95. The van der Waals surface area contributed by atoms with Crippen LogP contribution in [0.15, 0.2) is 89.8 Å². The van der Waals surface area contributed by atoms with Crippen LogP contribution in [0.1, 0.15) is 37.4 Å². The maximum atomic E-state index is 12.7. The molecular formula is C26H22N2O5S. The van der Waals surface area contributed by atoms with Gasteiger partial charge in [0.2, 0.25) is 10.0 Å². The molecule has 8 heteroatoms. The molecular weight excluding hydrogens is 452 g/mol. The highest BCUT2D eigenvalue weighted by atomic mass is 32.2. The average molecular weight is 475 g/mol. The summed E-state index contributed by atoms with van der Waals surface area (Å²) >= 11 is 0. The van der Waals surface area contributed by atoms with Gasteiger partial charge in [0.05, 0.1) is 10.5 Å². The van der Waals surface area contributed by atoms with Gasteiger partial charge in [0, 0.05) is 12.1 Å². The van der Waals surface area contributed by atoms with Gasteiger partial charge in [0.1, 0.15) is 0 Å². The molecule has 0 aromatic heterocycles. The van der Waals surface area contributed by atoms with E-state index in [9.17, 15) is 18.0 Å². The number of benzene rings is 4. The van der Waals surface area contributed by atoms with E-state index in [1.54, 1.807) is 42.5 Å². The van der Waals surface area contributed by atoms with Crippen molar-refractivity contribution in [2.75, 3.05) is 0 Å². The molecule has 0 unspecified atom stereocenters. The van der Waals surface area contributed by atoms with Crippen molar-refractivity contribution in [2.24, 2.45) is 5.14 Å². The number of sulfonamides is 1. The minimum absolute atomic E-state index is 0.0192. The zero-order chi connectivity index (χ0) is 24.3. The summed E-state index contributed by atoms with van der Waals surface area (Å²) in [5.41, 5.74) is 3.54. The molecule has 0 aliphatic rings. The standard InChI is InChI=1S/C26H22N2O5S/c27-34(32,33)24-11-4-18(5-12-24)16-28-25(29)22-10-9-20-6-3-19(14-23(20)15-22)13-17-1-7-21(8-2-17)26(30)31/h1-12,14-15H,13,16H2,(H,28,29)(H,30,31)(H2,27,32,33). The minimum Gasteiger partial charge on any atom is -0.478 e. The number of aromatic carboxylic acids is 1. The third-order valence-electron chi connectivity index (χ3n) is 5.48. The van der Waals surface area contributed by atoms with Crippen LogP contribution < -0.4 is 10.5 Å². The van der Waals surface area contributed by atoms with Crippen LogP contribution in [0, 0.1) is 0 Å². The van der Waals surface area contributed by atoms with Crippen molar-refractivity contribution in [1.29, 1.82) is 0 Å². The van der Waals surface area contributed by atoms with E-state index >= 15 is 0 Å². The third-order valence-corrected chi connectivity index (χ3v) is 6.41. The Morgan fingerprint density at radius 3 is 1.97 bits per heavy atom. The number of hydrogen-bond donors (Lipinski definition) is 3. The first-order chi connectivity index (χ1) is 16.2. The average Bonchev–Trinajstić information content (AvgIpc) is 2.82. The molecule has 1 amide bonds. The molecule has 0 saturated heterocycles. The van der Waals surface area contributed by atoms with Crippen LogP contribution in [-0.4, -0.2) is 25.4 Å². The number of carboxylic acids is 1. The van der Waals surface area contributed by atoms with Crippen LogP contribution in [0.2, 0.25) is 0 Å². The number of nitrogens with two attached hydrogens (primary N) is 1. The third kappa shape index (κ3) is 5.48. The maximum Gasteiger partial charge on any atom is 0.335 e. The van der Waals surface area contributed by atoms with Gasteiger partial charge in [-0.2, -0.15) is 0 Å². The molecule has 0 radical (unpaired) electrons. The van der Waals surface area contributed by atoms with Gasteiger partial charge in [0.15, 0.2) is 0 Å². The Morgan fingerprint density at radius 1 is 0.735 bits per heavy atom. The van der Waals surface area contributed by atoms with Gasteiger partial charge < -0.3 is 10.4 Å². The summed E-state index contributed by atoms with van der Waals surface area (Å²) in [6, 6.07) is 24.3. The molecule has 4 aromatic rings. The summed E-state index contributed by atoms with van der Waals surface area (Å²) in [7, 11) is -3.75. The second kappa shape index (κ2) is 9.46. The molecule has 0 saturated carbocycles. The highest BCUT2D eigenvalue weighted by Crippen LogP contribution is 2.20. The van der Waals surface area contributed by atoms with E-state index in [4.69, 9.17) is 10.2 Å². The van der Waals surface area contributed by atoms with Crippen molar-refractivity contribution in [3.05, 3.63) is 113 Å². The molecule has 4 rings (SSSR count). The quantitative estimate of drug-likeness (QED) is 0.376. The maximum absolute atomic E-state index is 12.7. The fourth-order valence-electron chi connectivity index (χ4n) is 3.63. The number of carboxylic acid groups (broad SMARTS) is 1. The van der Waals surface area contributed by atoms with Crippen LogP contribution in [-0.2, 0) is 23.0 Å². The van der Waals surface area contributed by atoms with Crippen molar-refractivity contribution in [2.45, 2.75) is 17.9 Å². The van der Waals surface area contributed by atoms with Crippen LogP contribution in [0.25, 0.3) is 10.8 Å². The molecule has 0 bridgehead atoms. The van der Waals surface area contributed by atoms with Crippen LogP contribution in [0.3, 0.4) is 0 Å². The van der Waals surface area contributed by atoms with Gasteiger partial charge >= 0.3 is 5.97 Å². The Labute approximate surface area is 196 Å². The first-order valence-electron chi connectivity index (χ1n) is 10.4. The first-order valence-corrected chi connectivity index (χ1v) is 12.0. The molecule has 0 spiro atoms. The molecule has 172 valence electrons. The van der Waals surface area contributed by atoms with Gasteiger partial charge in [-0.15, -0.1) is 0 Å². The van der Waals surface area contributed by atoms with Gasteiger partial charge in [-0.3, -0.25) is 4.79 Å². The Morgan fingerprint density at radius 2 is 1.32 bits per heavy atom. The van der Waals surface area contributed by atoms with Crippen molar-refractivity contribution in [3.63, 3.8) is 0 Å². The fraction of sp³-hybridized carbons (Fsp3) is 0.0769. The van der Waals surface area contributed by atoms with E-state index in [-0.39, 0.29) is 22.9 Å². The lowest BCUT2D eigenvalue weighted by Gasteiger charge is -2.09. The Kier molecular flexibility index (Phi) is 6.45. The summed E-state index contributed by atoms with van der Waals surface area (Å²) in [6.45, 7) is 0.244. The monoisotopic (exact) mass is 474 g/mol. The summed E-state index contributed by atoms with van der Waals surface area (Å²) in [4.78, 5) is 23.7.